The number of amides is 1. The number of carbonyl (C=O) groups excluding carboxylic acids is 1. The molecule has 0 radical (unpaired) electrons. The maximum absolute atomic E-state index is 12.6. The van der Waals surface area contributed by atoms with E-state index >= 15 is 0 Å². The van der Waals surface area contributed by atoms with Crippen molar-refractivity contribution in [3.05, 3.63) is 47.8 Å². The molecule has 6 nitrogen and oxygen atoms in total. The Balaban J connectivity index is 1.51. The molecule has 29 heavy (non-hydrogen) atoms. The number of carbonyl (C=O) groups is 1. The average molecular weight is 410 g/mol. The number of nitrogens with one attached hydrogen (secondary N) is 1. The van der Waals surface area contributed by atoms with E-state index in [1.165, 1.54) is 31.5 Å². The molecule has 1 saturated carbocycles. The zero-order valence-corrected chi connectivity index (χ0v) is 15.7. The summed E-state index contributed by atoms with van der Waals surface area (Å²) >= 11 is 0. The van der Waals surface area contributed by atoms with Crippen LogP contribution in [0.1, 0.15) is 41.7 Å². The van der Waals surface area contributed by atoms with Crippen LogP contribution in [0.4, 0.5) is 13.2 Å². The van der Waals surface area contributed by atoms with Crippen molar-refractivity contribution in [1.82, 2.24) is 10.3 Å². The molecule has 2 N–H and O–H groups in total. The lowest BCUT2D eigenvalue weighted by Crippen LogP contribution is -2.40. The van der Waals surface area contributed by atoms with Crippen molar-refractivity contribution in [3.8, 4) is 17.2 Å². The summed E-state index contributed by atoms with van der Waals surface area (Å²) < 4.78 is 48.6. The normalized spacial score (nSPS) is 19.4. The van der Waals surface area contributed by atoms with E-state index in [1.54, 1.807) is 0 Å². The molecule has 1 fully saturated rings. The topological polar surface area (TPSA) is 80.7 Å². The molecule has 1 aliphatic rings. The highest BCUT2D eigenvalue weighted by Gasteiger charge is 2.30. The van der Waals surface area contributed by atoms with Crippen LogP contribution < -0.4 is 14.8 Å². The summed E-state index contributed by atoms with van der Waals surface area (Å²) in [6.07, 6.45) is -0.567. The van der Waals surface area contributed by atoms with Gasteiger partial charge >= 0.3 is 6.18 Å². The second kappa shape index (κ2) is 8.59. The summed E-state index contributed by atoms with van der Waals surface area (Å²) in [7, 11) is 1.38. The SMILES string of the molecule is COc1ccnc(C(=O)NC2CCC(Oc3ccc(C(F)(F)F)cc3)CC2)c1O. The van der Waals surface area contributed by atoms with Crippen LogP contribution in [0.3, 0.4) is 0 Å². The van der Waals surface area contributed by atoms with Crippen molar-refractivity contribution in [1.29, 1.82) is 0 Å². The fourth-order valence-electron chi connectivity index (χ4n) is 3.26. The molecule has 3 rings (SSSR count). The Morgan fingerprint density at radius 1 is 1.14 bits per heavy atom. The van der Waals surface area contributed by atoms with Crippen LogP contribution in [0.2, 0.25) is 0 Å². The van der Waals surface area contributed by atoms with Crippen LogP contribution >= 0.6 is 0 Å². The maximum atomic E-state index is 12.6. The number of methoxy groups -OCH3 is 1. The highest BCUT2D eigenvalue weighted by Crippen LogP contribution is 2.32. The molecule has 0 spiro atoms. The number of ether oxygens (including phenoxy) is 2. The molecular weight excluding hydrogens is 389 g/mol. The van der Waals surface area contributed by atoms with Gasteiger partial charge in [0.05, 0.1) is 18.8 Å². The lowest BCUT2D eigenvalue weighted by Gasteiger charge is -2.29. The molecule has 0 atom stereocenters. The summed E-state index contributed by atoms with van der Waals surface area (Å²) in [5, 5.41) is 12.9. The van der Waals surface area contributed by atoms with Gasteiger partial charge in [-0.2, -0.15) is 13.2 Å². The van der Waals surface area contributed by atoms with Crippen molar-refractivity contribution in [2.75, 3.05) is 7.11 Å². The standard InChI is InChI=1S/C20H21F3N2O4/c1-28-16-10-11-24-17(18(16)26)19(27)25-13-4-8-15(9-5-13)29-14-6-2-12(3-7-14)20(21,22)23/h2-3,6-7,10-11,13,15,26H,4-5,8-9H2,1H3,(H,25,27). The third-order valence-corrected chi connectivity index (χ3v) is 4.82. The summed E-state index contributed by atoms with van der Waals surface area (Å²) in [5.41, 5.74) is -0.821. The minimum Gasteiger partial charge on any atom is -0.503 e. The number of nitrogens with zero attached hydrogens (tertiary/aromatic N) is 1. The Hall–Kier alpha value is -2.97. The van der Waals surface area contributed by atoms with Crippen molar-refractivity contribution >= 4 is 5.91 Å². The quantitative estimate of drug-likeness (QED) is 0.781. The molecule has 156 valence electrons. The number of hydrogen-bond acceptors (Lipinski definition) is 5. The van der Waals surface area contributed by atoms with Crippen molar-refractivity contribution in [2.45, 2.75) is 44.0 Å². The lowest BCUT2D eigenvalue weighted by atomic mass is 9.92. The second-order valence-electron chi connectivity index (χ2n) is 6.80. The first-order chi connectivity index (χ1) is 13.8. The third kappa shape index (κ3) is 5.10. The predicted molar refractivity (Wildman–Crippen MR) is 98.0 cm³/mol. The van der Waals surface area contributed by atoms with E-state index in [4.69, 9.17) is 9.47 Å². The molecule has 1 amide bonds. The van der Waals surface area contributed by atoms with E-state index in [0.29, 0.717) is 31.4 Å². The molecule has 1 aromatic heterocycles. The maximum Gasteiger partial charge on any atom is 0.416 e. The van der Waals surface area contributed by atoms with Crippen molar-refractivity contribution in [2.24, 2.45) is 0 Å². The highest BCUT2D eigenvalue weighted by atomic mass is 19.4. The Morgan fingerprint density at radius 2 is 1.79 bits per heavy atom. The van der Waals surface area contributed by atoms with Crippen molar-refractivity contribution in [3.63, 3.8) is 0 Å². The second-order valence-corrected chi connectivity index (χ2v) is 6.80. The Kier molecular flexibility index (Phi) is 6.14. The molecule has 1 aromatic carbocycles. The number of aromatic nitrogens is 1. The van der Waals surface area contributed by atoms with E-state index in [2.05, 4.69) is 10.3 Å². The molecule has 0 unspecified atom stereocenters. The van der Waals surface area contributed by atoms with E-state index in [-0.39, 0.29) is 29.3 Å². The molecule has 0 aliphatic heterocycles. The Labute approximate surface area is 165 Å². The Morgan fingerprint density at radius 3 is 2.38 bits per heavy atom. The summed E-state index contributed by atoms with van der Waals surface area (Å²) in [4.78, 5) is 16.3. The minimum absolute atomic E-state index is 0.104. The zero-order chi connectivity index (χ0) is 21.0. The molecule has 9 heteroatoms. The fourth-order valence-corrected chi connectivity index (χ4v) is 3.26. The number of rotatable bonds is 5. The third-order valence-electron chi connectivity index (χ3n) is 4.82. The largest absolute Gasteiger partial charge is 0.503 e. The van der Waals surface area contributed by atoms with Gasteiger partial charge in [-0.05, 0) is 49.9 Å². The predicted octanol–water partition coefficient (Wildman–Crippen LogP) is 3.93. The smallest absolute Gasteiger partial charge is 0.416 e. The number of benzene rings is 1. The van der Waals surface area contributed by atoms with Gasteiger partial charge in [0, 0.05) is 18.3 Å². The summed E-state index contributed by atoms with van der Waals surface area (Å²) in [6, 6.07) is 5.96. The number of pyridine rings is 1. The van der Waals surface area contributed by atoms with Gasteiger partial charge in [0.15, 0.2) is 17.2 Å². The van der Waals surface area contributed by atoms with Gasteiger partial charge in [0.25, 0.3) is 5.91 Å². The number of alkyl halides is 3. The molecule has 0 bridgehead atoms. The van der Waals surface area contributed by atoms with Crippen LogP contribution in [-0.4, -0.2) is 35.3 Å². The van der Waals surface area contributed by atoms with E-state index < -0.39 is 17.6 Å². The monoisotopic (exact) mass is 410 g/mol. The molecule has 1 heterocycles. The van der Waals surface area contributed by atoms with Gasteiger partial charge in [0.1, 0.15) is 5.75 Å². The van der Waals surface area contributed by atoms with Gasteiger partial charge in [-0.1, -0.05) is 0 Å². The van der Waals surface area contributed by atoms with Crippen LogP contribution in [-0.2, 0) is 6.18 Å². The van der Waals surface area contributed by atoms with Gasteiger partial charge < -0.3 is 19.9 Å². The van der Waals surface area contributed by atoms with E-state index in [9.17, 15) is 23.1 Å². The summed E-state index contributed by atoms with van der Waals surface area (Å²) in [6.45, 7) is 0. The fraction of sp³-hybridized carbons (Fsp3) is 0.400. The van der Waals surface area contributed by atoms with Gasteiger partial charge in [-0.25, -0.2) is 4.98 Å². The Bertz CT molecular complexity index is 848. The van der Waals surface area contributed by atoms with E-state index in [1.807, 2.05) is 0 Å². The molecule has 1 aliphatic carbocycles. The first kappa shape index (κ1) is 20.8. The number of hydrogen-bond donors (Lipinski definition) is 2. The number of aromatic hydroxyl groups is 1. The first-order valence-electron chi connectivity index (χ1n) is 9.14. The number of halogens is 3. The van der Waals surface area contributed by atoms with E-state index in [0.717, 1.165) is 12.1 Å². The van der Waals surface area contributed by atoms with Gasteiger partial charge in [0.2, 0.25) is 0 Å². The van der Waals surface area contributed by atoms with Crippen LogP contribution in [0, 0.1) is 0 Å². The summed E-state index contributed by atoms with van der Waals surface area (Å²) in [5.74, 6) is -0.255. The molecule has 0 saturated heterocycles. The highest BCUT2D eigenvalue weighted by molar-refractivity contribution is 5.95. The lowest BCUT2D eigenvalue weighted by molar-refractivity contribution is -0.137. The first-order valence-corrected chi connectivity index (χ1v) is 9.14. The van der Waals surface area contributed by atoms with Gasteiger partial charge in [-0.15, -0.1) is 0 Å². The average Bonchev–Trinajstić information content (AvgIpc) is 2.69. The van der Waals surface area contributed by atoms with Gasteiger partial charge in [-0.3, -0.25) is 4.79 Å². The van der Waals surface area contributed by atoms with Crippen LogP contribution in [0.5, 0.6) is 17.2 Å². The van der Waals surface area contributed by atoms with Crippen molar-refractivity contribution < 1.29 is 32.5 Å². The van der Waals surface area contributed by atoms with Crippen LogP contribution in [0.15, 0.2) is 36.5 Å². The molecular formula is C20H21F3N2O4. The van der Waals surface area contributed by atoms with Crippen LogP contribution in [0.25, 0.3) is 0 Å². The molecule has 2 aromatic rings. The minimum atomic E-state index is -4.37. The zero-order valence-electron chi connectivity index (χ0n) is 15.7.